The molecule has 0 aliphatic rings. The van der Waals surface area contributed by atoms with Crippen LogP contribution in [0, 0.1) is 5.82 Å². The molecule has 0 aromatic heterocycles. The maximum Gasteiger partial charge on any atom is 0.127 e. The quantitative estimate of drug-likeness (QED) is 0.701. The molecule has 13 heavy (non-hydrogen) atoms. The van der Waals surface area contributed by atoms with Crippen LogP contribution in [0.4, 0.5) is 4.39 Å². The monoisotopic (exact) mass is 179 g/mol. The molecule has 0 spiro atoms. The molecule has 2 heteroatoms. The van der Waals surface area contributed by atoms with Gasteiger partial charge in [-0.25, -0.2) is 4.39 Å². The van der Waals surface area contributed by atoms with Gasteiger partial charge in [-0.3, -0.25) is 0 Å². The number of hydrogen-bond acceptors (Lipinski definition) is 1. The van der Waals surface area contributed by atoms with Crippen molar-refractivity contribution in [2.24, 2.45) is 0 Å². The number of hydrogen-bond donors (Lipinski definition) is 1. The van der Waals surface area contributed by atoms with Gasteiger partial charge in [-0.05, 0) is 13.0 Å². The average molecular weight is 179 g/mol. The maximum atomic E-state index is 13.2. The molecule has 0 saturated heterocycles. The van der Waals surface area contributed by atoms with Crippen LogP contribution < -0.4 is 5.32 Å². The zero-order valence-corrected chi connectivity index (χ0v) is 7.76. The molecule has 0 radical (unpaired) electrons. The fourth-order valence-corrected chi connectivity index (χ4v) is 1.20. The molecule has 0 unspecified atom stereocenters. The van der Waals surface area contributed by atoms with Gasteiger partial charge in [0.05, 0.1) is 0 Å². The van der Waals surface area contributed by atoms with Gasteiger partial charge in [-0.1, -0.05) is 24.3 Å². The second kappa shape index (κ2) is 4.77. The normalized spacial score (nSPS) is 12.5. The first-order valence-corrected chi connectivity index (χ1v) is 4.34. The third-order valence-electron chi connectivity index (χ3n) is 1.94. The van der Waals surface area contributed by atoms with Crippen LogP contribution in [0.2, 0.25) is 0 Å². The van der Waals surface area contributed by atoms with Crippen molar-refractivity contribution in [3.05, 3.63) is 48.3 Å². The van der Waals surface area contributed by atoms with Crippen LogP contribution in [0.5, 0.6) is 0 Å². The Hall–Kier alpha value is -1.15. The summed E-state index contributed by atoms with van der Waals surface area (Å²) in [6.45, 7) is 6.21. The van der Waals surface area contributed by atoms with E-state index >= 15 is 0 Å². The largest absolute Gasteiger partial charge is 0.307 e. The zero-order valence-electron chi connectivity index (χ0n) is 7.76. The smallest absolute Gasteiger partial charge is 0.127 e. The van der Waals surface area contributed by atoms with E-state index in [9.17, 15) is 4.39 Å². The zero-order chi connectivity index (χ0) is 9.68. The van der Waals surface area contributed by atoms with Gasteiger partial charge in [0.15, 0.2) is 0 Å². The number of nitrogens with one attached hydrogen (secondary N) is 1. The van der Waals surface area contributed by atoms with Crippen LogP contribution in [0.3, 0.4) is 0 Å². The lowest BCUT2D eigenvalue weighted by molar-refractivity contribution is 0.549. The predicted octanol–water partition coefficient (Wildman–Crippen LogP) is 2.66. The predicted molar refractivity (Wildman–Crippen MR) is 53.0 cm³/mol. The van der Waals surface area contributed by atoms with Gasteiger partial charge in [0, 0.05) is 18.2 Å². The lowest BCUT2D eigenvalue weighted by Crippen LogP contribution is -2.19. The molecule has 1 aromatic carbocycles. The van der Waals surface area contributed by atoms with Crippen molar-refractivity contribution < 1.29 is 4.39 Å². The minimum absolute atomic E-state index is 0.0270. The van der Waals surface area contributed by atoms with Crippen molar-refractivity contribution in [1.29, 1.82) is 0 Å². The Labute approximate surface area is 78.3 Å². The van der Waals surface area contributed by atoms with Gasteiger partial charge >= 0.3 is 0 Å². The van der Waals surface area contributed by atoms with Gasteiger partial charge in [-0.15, -0.1) is 6.58 Å². The fraction of sp³-hybridized carbons (Fsp3) is 0.273. The van der Waals surface area contributed by atoms with Crippen LogP contribution >= 0.6 is 0 Å². The first kappa shape index (κ1) is 9.93. The van der Waals surface area contributed by atoms with Crippen molar-refractivity contribution >= 4 is 0 Å². The molecule has 0 heterocycles. The Balaban J connectivity index is 2.70. The van der Waals surface area contributed by atoms with Gasteiger partial charge in [0.25, 0.3) is 0 Å². The molecule has 0 fully saturated rings. The Morgan fingerprint density at radius 1 is 1.54 bits per heavy atom. The van der Waals surface area contributed by atoms with Crippen LogP contribution in [-0.2, 0) is 0 Å². The third kappa shape index (κ3) is 2.67. The summed E-state index contributed by atoms with van der Waals surface area (Å²) in [5, 5.41) is 3.13. The lowest BCUT2D eigenvalue weighted by Gasteiger charge is -2.13. The van der Waals surface area contributed by atoms with Crippen molar-refractivity contribution in [2.75, 3.05) is 6.54 Å². The van der Waals surface area contributed by atoms with Gasteiger partial charge in [0.1, 0.15) is 5.82 Å². The Bertz CT molecular complexity index is 283. The maximum absolute atomic E-state index is 13.2. The second-order valence-electron chi connectivity index (χ2n) is 2.94. The van der Waals surface area contributed by atoms with E-state index in [-0.39, 0.29) is 11.9 Å². The SMILES string of the molecule is C=CCN[C@H](C)c1ccccc1F. The highest BCUT2D eigenvalue weighted by Gasteiger charge is 2.07. The van der Waals surface area contributed by atoms with E-state index in [0.717, 1.165) is 0 Å². The van der Waals surface area contributed by atoms with Crippen molar-refractivity contribution in [3.8, 4) is 0 Å². The topological polar surface area (TPSA) is 12.0 Å². The summed E-state index contributed by atoms with van der Waals surface area (Å²) in [4.78, 5) is 0. The van der Waals surface area contributed by atoms with Crippen molar-refractivity contribution in [1.82, 2.24) is 5.32 Å². The third-order valence-corrected chi connectivity index (χ3v) is 1.94. The summed E-state index contributed by atoms with van der Waals surface area (Å²) in [7, 11) is 0. The van der Waals surface area contributed by atoms with E-state index in [1.54, 1.807) is 18.2 Å². The number of halogens is 1. The molecule has 0 amide bonds. The van der Waals surface area contributed by atoms with Gasteiger partial charge in [-0.2, -0.15) is 0 Å². The molecule has 1 rings (SSSR count). The first-order valence-electron chi connectivity index (χ1n) is 4.34. The summed E-state index contributed by atoms with van der Waals surface area (Å²) >= 11 is 0. The fourth-order valence-electron chi connectivity index (χ4n) is 1.20. The van der Waals surface area contributed by atoms with E-state index in [1.165, 1.54) is 6.07 Å². The second-order valence-corrected chi connectivity index (χ2v) is 2.94. The minimum atomic E-state index is -0.161. The highest BCUT2D eigenvalue weighted by Crippen LogP contribution is 2.15. The van der Waals surface area contributed by atoms with E-state index in [4.69, 9.17) is 0 Å². The Morgan fingerprint density at radius 3 is 2.85 bits per heavy atom. The van der Waals surface area contributed by atoms with Crippen molar-refractivity contribution in [2.45, 2.75) is 13.0 Å². The molecular weight excluding hydrogens is 165 g/mol. The standard InChI is InChI=1S/C11H14FN/c1-3-8-13-9(2)10-6-4-5-7-11(10)12/h3-7,9,13H,1,8H2,2H3/t9-/m1/s1. The van der Waals surface area contributed by atoms with Gasteiger partial charge < -0.3 is 5.32 Å². The summed E-state index contributed by atoms with van der Waals surface area (Å²) in [5.41, 5.74) is 0.698. The Kier molecular flexibility index (Phi) is 3.65. The van der Waals surface area contributed by atoms with E-state index in [1.807, 2.05) is 13.0 Å². The summed E-state index contributed by atoms with van der Waals surface area (Å²) in [6.07, 6.45) is 1.76. The van der Waals surface area contributed by atoms with Crippen LogP contribution in [-0.4, -0.2) is 6.54 Å². The molecule has 1 N–H and O–H groups in total. The molecule has 1 nitrogen and oxygen atoms in total. The molecule has 0 saturated carbocycles. The molecule has 70 valence electrons. The first-order chi connectivity index (χ1) is 6.25. The molecule has 1 atom stereocenters. The number of benzene rings is 1. The highest BCUT2D eigenvalue weighted by molar-refractivity contribution is 5.20. The van der Waals surface area contributed by atoms with E-state index in [2.05, 4.69) is 11.9 Å². The highest BCUT2D eigenvalue weighted by atomic mass is 19.1. The summed E-state index contributed by atoms with van der Waals surface area (Å²) < 4.78 is 13.2. The average Bonchev–Trinajstić information content (AvgIpc) is 2.15. The molecule has 1 aromatic rings. The lowest BCUT2D eigenvalue weighted by atomic mass is 10.1. The summed E-state index contributed by atoms with van der Waals surface area (Å²) in [6, 6.07) is 6.82. The molecule has 0 bridgehead atoms. The molecule has 0 aliphatic heterocycles. The van der Waals surface area contributed by atoms with Gasteiger partial charge in [0.2, 0.25) is 0 Å². The molecule has 0 aliphatic carbocycles. The van der Waals surface area contributed by atoms with E-state index in [0.29, 0.717) is 12.1 Å². The Morgan fingerprint density at radius 2 is 2.23 bits per heavy atom. The van der Waals surface area contributed by atoms with Crippen LogP contribution in [0.15, 0.2) is 36.9 Å². The van der Waals surface area contributed by atoms with Crippen LogP contribution in [0.25, 0.3) is 0 Å². The summed E-state index contributed by atoms with van der Waals surface area (Å²) in [5.74, 6) is -0.161. The number of rotatable bonds is 4. The van der Waals surface area contributed by atoms with E-state index < -0.39 is 0 Å². The van der Waals surface area contributed by atoms with Crippen molar-refractivity contribution in [3.63, 3.8) is 0 Å². The minimum Gasteiger partial charge on any atom is -0.307 e. The molecular formula is C11H14FN. The van der Waals surface area contributed by atoms with Crippen LogP contribution in [0.1, 0.15) is 18.5 Å².